The van der Waals surface area contributed by atoms with Gasteiger partial charge < -0.3 is 5.32 Å². The number of nitrogens with one attached hydrogen (secondary N) is 2. The van der Waals surface area contributed by atoms with Crippen molar-refractivity contribution in [3.05, 3.63) is 58.9 Å². The lowest BCUT2D eigenvalue weighted by molar-refractivity contribution is -0.115. The molecule has 1 amide bonds. The summed E-state index contributed by atoms with van der Waals surface area (Å²) in [5.74, 6) is -1.08. The maximum atomic E-state index is 12.8. The van der Waals surface area contributed by atoms with E-state index >= 15 is 0 Å². The van der Waals surface area contributed by atoms with Crippen LogP contribution in [-0.2, 0) is 14.8 Å². The highest BCUT2D eigenvalue weighted by atomic mass is 35.5. The zero-order chi connectivity index (χ0) is 17.0. The molecule has 122 valence electrons. The summed E-state index contributed by atoms with van der Waals surface area (Å²) in [6.45, 7) is 1.28. The van der Waals surface area contributed by atoms with E-state index in [1.807, 2.05) is 0 Å². The molecule has 2 aromatic rings. The third-order valence-electron chi connectivity index (χ3n) is 3.09. The number of anilines is 1. The molecule has 0 unspecified atom stereocenters. The number of hydrogen-bond acceptors (Lipinski definition) is 3. The van der Waals surface area contributed by atoms with E-state index in [1.54, 1.807) is 25.1 Å². The molecule has 2 N–H and O–H groups in total. The quantitative estimate of drug-likeness (QED) is 0.864. The molecule has 0 saturated heterocycles. The number of rotatable bonds is 5. The molecule has 0 fully saturated rings. The minimum atomic E-state index is -3.89. The van der Waals surface area contributed by atoms with Gasteiger partial charge >= 0.3 is 0 Å². The number of benzene rings is 2. The number of sulfonamides is 1. The Balaban J connectivity index is 2.01. The van der Waals surface area contributed by atoms with E-state index in [4.69, 9.17) is 11.6 Å². The van der Waals surface area contributed by atoms with Crippen LogP contribution < -0.4 is 10.0 Å². The second-order valence-electron chi connectivity index (χ2n) is 4.74. The van der Waals surface area contributed by atoms with Crippen molar-refractivity contribution in [3.8, 4) is 0 Å². The number of carbonyl (C=O) groups is 1. The van der Waals surface area contributed by atoms with Crippen LogP contribution >= 0.6 is 11.6 Å². The highest BCUT2D eigenvalue weighted by molar-refractivity contribution is 7.89. The summed E-state index contributed by atoms with van der Waals surface area (Å²) < 4.78 is 38.9. The largest absolute Gasteiger partial charge is 0.325 e. The Labute approximate surface area is 138 Å². The summed E-state index contributed by atoms with van der Waals surface area (Å²) in [7, 11) is -3.89. The SMILES string of the molecule is Cc1c(Cl)cccc1NC(=O)CNS(=O)(=O)c1ccc(F)cc1. The molecule has 0 aromatic heterocycles. The predicted molar refractivity (Wildman–Crippen MR) is 86.4 cm³/mol. The Hall–Kier alpha value is -1.96. The van der Waals surface area contributed by atoms with E-state index in [0.717, 1.165) is 24.3 Å². The zero-order valence-corrected chi connectivity index (χ0v) is 13.7. The highest BCUT2D eigenvalue weighted by Crippen LogP contribution is 2.22. The van der Waals surface area contributed by atoms with E-state index in [0.29, 0.717) is 16.3 Å². The van der Waals surface area contributed by atoms with Gasteiger partial charge in [0.15, 0.2) is 0 Å². The summed E-state index contributed by atoms with van der Waals surface area (Å²) in [4.78, 5) is 11.7. The number of halogens is 2. The summed E-state index contributed by atoms with van der Waals surface area (Å²) in [5.41, 5.74) is 1.19. The molecule has 2 aromatic carbocycles. The lowest BCUT2D eigenvalue weighted by atomic mass is 10.2. The topological polar surface area (TPSA) is 75.3 Å². The van der Waals surface area contributed by atoms with E-state index in [-0.39, 0.29) is 4.90 Å². The average molecular weight is 357 g/mol. The molecule has 23 heavy (non-hydrogen) atoms. The van der Waals surface area contributed by atoms with E-state index < -0.39 is 28.3 Å². The minimum Gasteiger partial charge on any atom is -0.325 e. The molecule has 0 aliphatic rings. The fourth-order valence-electron chi connectivity index (χ4n) is 1.79. The summed E-state index contributed by atoms with van der Waals surface area (Å²) in [6, 6.07) is 9.33. The first-order valence-corrected chi connectivity index (χ1v) is 8.46. The van der Waals surface area contributed by atoms with Crippen LogP contribution in [0.15, 0.2) is 47.4 Å². The van der Waals surface area contributed by atoms with E-state index in [1.165, 1.54) is 0 Å². The molecule has 2 rings (SSSR count). The Morgan fingerprint density at radius 3 is 2.48 bits per heavy atom. The third-order valence-corrected chi connectivity index (χ3v) is 4.92. The lowest BCUT2D eigenvalue weighted by Gasteiger charge is -2.10. The van der Waals surface area contributed by atoms with Gasteiger partial charge in [-0.05, 0) is 48.9 Å². The first-order valence-electron chi connectivity index (χ1n) is 6.60. The predicted octanol–water partition coefficient (Wildman–Crippen LogP) is 2.70. The summed E-state index contributed by atoms with van der Waals surface area (Å²) in [5, 5.41) is 3.07. The van der Waals surface area contributed by atoms with Crippen LogP contribution in [-0.4, -0.2) is 20.9 Å². The Bertz CT molecular complexity index is 823. The van der Waals surface area contributed by atoms with Crippen molar-refractivity contribution in [2.24, 2.45) is 0 Å². The first kappa shape index (κ1) is 17.4. The summed E-state index contributed by atoms with van der Waals surface area (Å²) in [6.07, 6.45) is 0. The van der Waals surface area contributed by atoms with Crippen LogP contribution in [0.1, 0.15) is 5.56 Å². The molecule has 0 atom stereocenters. The molecular weight excluding hydrogens is 343 g/mol. The van der Waals surface area contributed by atoms with Crippen molar-refractivity contribution in [2.75, 3.05) is 11.9 Å². The number of hydrogen-bond donors (Lipinski definition) is 2. The van der Waals surface area contributed by atoms with Gasteiger partial charge in [0.05, 0.1) is 11.4 Å². The molecule has 0 heterocycles. The monoisotopic (exact) mass is 356 g/mol. The minimum absolute atomic E-state index is 0.120. The van der Waals surface area contributed by atoms with Crippen molar-refractivity contribution in [1.82, 2.24) is 4.72 Å². The number of amides is 1. The van der Waals surface area contributed by atoms with Crippen LogP contribution in [0.4, 0.5) is 10.1 Å². The second-order valence-corrected chi connectivity index (χ2v) is 6.91. The van der Waals surface area contributed by atoms with Crippen molar-refractivity contribution >= 4 is 33.2 Å². The first-order chi connectivity index (χ1) is 10.8. The summed E-state index contributed by atoms with van der Waals surface area (Å²) >= 11 is 5.95. The van der Waals surface area contributed by atoms with Crippen molar-refractivity contribution < 1.29 is 17.6 Å². The zero-order valence-electron chi connectivity index (χ0n) is 12.1. The number of carbonyl (C=O) groups excluding carboxylic acids is 1. The van der Waals surface area contributed by atoms with Gasteiger partial charge in [-0.3, -0.25) is 4.79 Å². The second kappa shape index (κ2) is 7.08. The van der Waals surface area contributed by atoms with Gasteiger partial charge in [-0.15, -0.1) is 0 Å². The normalized spacial score (nSPS) is 11.3. The fourth-order valence-corrected chi connectivity index (χ4v) is 2.95. The van der Waals surface area contributed by atoms with Gasteiger partial charge in [0.1, 0.15) is 5.82 Å². The lowest BCUT2D eigenvalue weighted by Crippen LogP contribution is -2.33. The Kier molecular flexibility index (Phi) is 5.35. The standard InChI is InChI=1S/C15H14ClFN2O3S/c1-10-13(16)3-2-4-14(10)19-15(20)9-18-23(21,22)12-7-5-11(17)6-8-12/h2-8,18H,9H2,1H3,(H,19,20). The maximum absolute atomic E-state index is 12.8. The van der Waals surface area contributed by atoms with Crippen molar-refractivity contribution in [2.45, 2.75) is 11.8 Å². The Morgan fingerprint density at radius 2 is 1.83 bits per heavy atom. The van der Waals surface area contributed by atoms with Gasteiger partial charge in [0.2, 0.25) is 15.9 Å². The molecule has 0 saturated carbocycles. The molecule has 0 radical (unpaired) electrons. The van der Waals surface area contributed by atoms with Crippen LogP contribution in [0.2, 0.25) is 5.02 Å². The van der Waals surface area contributed by atoms with Crippen LogP contribution in [0.5, 0.6) is 0 Å². The van der Waals surface area contributed by atoms with Crippen molar-refractivity contribution in [3.63, 3.8) is 0 Å². The molecule has 0 bridgehead atoms. The van der Waals surface area contributed by atoms with E-state index in [9.17, 15) is 17.6 Å². The smallest absolute Gasteiger partial charge is 0.241 e. The van der Waals surface area contributed by atoms with Crippen LogP contribution in [0.3, 0.4) is 0 Å². The molecule has 8 heteroatoms. The third kappa shape index (κ3) is 4.51. The van der Waals surface area contributed by atoms with Crippen LogP contribution in [0, 0.1) is 12.7 Å². The molecule has 0 aliphatic heterocycles. The Morgan fingerprint density at radius 1 is 1.17 bits per heavy atom. The van der Waals surface area contributed by atoms with E-state index in [2.05, 4.69) is 10.0 Å². The molecular formula is C15H14ClFN2O3S. The average Bonchev–Trinajstić information content (AvgIpc) is 2.50. The highest BCUT2D eigenvalue weighted by Gasteiger charge is 2.16. The molecule has 0 spiro atoms. The van der Waals surface area contributed by atoms with Gasteiger partial charge in [0.25, 0.3) is 0 Å². The van der Waals surface area contributed by atoms with Gasteiger partial charge in [-0.1, -0.05) is 17.7 Å². The maximum Gasteiger partial charge on any atom is 0.241 e. The van der Waals surface area contributed by atoms with Gasteiger partial charge in [0, 0.05) is 10.7 Å². The van der Waals surface area contributed by atoms with Gasteiger partial charge in [-0.25, -0.2) is 17.5 Å². The van der Waals surface area contributed by atoms with Crippen molar-refractivity contribution in [1.29, 1.82) is 0 Å². The van der Waals surface area contributed by atoms with Gasteiger partial charge in [-0.2, -0.15) is 0 Å². The van der Waals surface area contributed by atoms with Crippen LogP contribution in [0.25, 0.3) is 0 Å². The molecule has 0 aliphatic carbocycles. The molecule has 5 nitrogen and oxygen atoms in total. The fraction of sp³-hybridized carbons (Fsp3) is 0.133.